The molecule has 0 rings (SSSR count). The Balaban J connectivity index is 3.50. The Morgan fingerprint density at radius 3 is 2.33 bits per heavy atom. The van der Waals surface area contributed by atoms with E-state index in [1.807, 2.05) is 0 Å². The summed E-state index contributed by atoms with van der Waals surface area (Å²) < 4.78 is 0. The minimum atomic E-state index is -1.20. The number of hydrogen-bond acceptors (Lipinski definition) is 5. The number of carboxylic acids is 1. The summed E-state index contributed by atoms with van der Waals surface area (Å²) in [4.78, 5) is 10.5. The van der Waals surface area contributed by atoms with Crippen LogP contribution in [0.15, 0.2) is 0 Å². The second-order valence-corrected chi connectivity index (χ2v) is 4.36. The van der Waals surface area contributed by atoms with Gasteiger partial charge in [0.05, 0.1) is 0 Å². The number of nitrogens with zero attached hydrogens (tertiary/aromatic N) is 1. The van der Waals surface area contributed by atoms with E-state index in [0.29, 0.717) is 6.42 Å². The monoisotopic (exact) mass is 237 g/mol. The molecule has 0 aromatic rings. The molecule has 5 nitrogen and oxygen atoms in total. The SMILES string of the molecule is CSCCCCCC[C@@H](C(=O)O)N(O)O. The zero-order valence-corrected chi connectivity index (χ0v) is 9.74. The molecule has 0 amide bonds. The molecule has 1 atom stereocenters. The van der Waals surface area contributed by atoms with Crippen LogP contribution in [0.3, 0.4) is 0 Å². The summed E-state index contributed by atoms with van der Waals surface area (Å²) in [5, 5.41) is 25.7. The number of carboxylic acid groups (broad SMARTS) is 1. The highest BCUT2D eigenvalue weighted by Crippen LogP contribution is 2.10. The van der Waals surface area contributed by atoms with E-state index >= 15 is 0 Å². The number of aliphatic carboxylic acids is 1. The van der Waals surface area contributed by atoms with Crippen molar-refractivity contribution in [1.29, 1.82) is 0 Å². The third-order valence-corrected chi connectivity index (χ3v) is 2.84. The first-order chi connectivity index (χ1) is 7.09. The molecule has 0 aliphatic carbocycles. The zero-order chi connectivity index (χ0) is 11.7. The van der Waals surface area contributed by atoms with Gasteiger partial charge >= 0.3 is 5.97 Å². The maximum absolute atomic E-state index is 10.5. The Hall–Kier alpha value is -0.300. The van der Waals surface area contributed by atoms with Gasteiger partial charge in [0.2, 0.25) is 0 Å². The van der Waals surface area contributed by atoms with E-state index in [1.54, 1.807) is 11.8 Å². The average molecular weight is 237 g/mol. The van der Waals surface area contributed by atoms with Gasteiger partial charge in [0.15, 0.2) is 6.04 Å². The van der Waals surface area contributed by atoms with E-state index in [4.69, 9.17) is 15.5 Å². The van der Waals surface area contributed by atoms with Gasteiger partial charge in [-0.25, -0.2) is 0 Å². The van der Waals surface area contributed by atoms with Crippen LogP contribution in [0.5, 0.6) is 0 Å². The second kappa shape index (κ2) is 8.96. The Morgan fingerprint density at radius 2 is 1.87 bits per heavy atom. The van der Waals surface area contributed by atoms with E-state index in [2.05, 4.69) is 6.26 Å². The van der Waals surface area contributed by atoms with Crippen LogP contribution in [-0.4, -0.2) is 44.8 Å². The molecule has 0 heterocycles. The summed E-state index contributed by atoms with van der Waals surface area (Å²) >= 11 is 1.79. The van der Waals surface area contributed by atoms with E-state index < -0.39 is 12.0 Å². The van der Waals surface area contributed by atoms with E-state index in [-0.39, 0.29) is 11.6 Å². The second-order valence-electron chi connectivity index (χ2n) is 3.37. The lowest BCUT2D eigenvalue weighted by molar-refractivity contribution is -0.328. The number of thioether (sulfide) groups is 1. The van der Waals surface area contributed by atoms with Crippen LogP contribution in [0.4, 0.5) is 0 Å². The molecule has 90 valence electrons. The molecule has 0 fully saturated rings. The number of hydroxylamine groups is 2. The molecule has 3 N–H and O–H groups in total. The summed E-state index contributed by atoms with van der Waals surface area (Å²) in [6.07, 6.45) is 6.13. The van der Waals surface area contributed by atoms with Crippen molar-refractivity contribution in [2.45, 2.75) is 38.1 Å². The maximum Gasteiger partial charge on any atom is 0.325 e. The lowest BCUT2D eigenvalue weighted by atomic mass is 10.1. The minimum Gasteiger partial charge on any atom is -0.480 e. The van der Waals surface area contributed by atoms with Gasteiger partial charge in [-0.1, -0.05) is 24.5 Å². The standard InChI is InChI=1S/C9H19NO4S/c1-15-7-5-3-2-4-6-8(9(11)12)10(13)14/h8,13-14H,2-7H2,1H3,(H,11,12)/t8-/m0/s1. The Morgan fingerprint density at radius 1 is 1.27 bits per heavy atom. The minimum absolute atomic E-state index is 0.218. The number of hydrogen-bond donors (Lipinski definition) is 3. The smallest absolute Gasteiger partial charge is 0.325 e. The van der Waals surface area contributed by atoms with E-state index in [9.17, 15) is 4.79 Å². The van der Waals surface area contributed by atoms with Crippen LogP contribution in [-0.2, 0) is 4.79 Å². The molecule has 0 aromatic heterocycles. The van der Waals surface area contributed by atoms with Crippen LogP contribution in [0.2, 0.25) is 0 Å². The molecular weight excluding hydrogens is 218 g/mol. The van der Waals surface area contributed by atoms with Crippen molar-refractivity contribution < 1.29 is 20.3 Å². The van der Waals surface area contributed by atoms with Crippen molar-refractivity contribution in [2.24, 2.45) is 0 Å². The largest absolute Gasteiger partial charge is 0.480 e. The third kappa shape index (κ3) is 7.61. The van der Waals surface area contributed by atoms with Gasteiger partial charge in [0.1, 0.15) is 0 Å². The molecule has 0 saturated heterocycles. The fourth-order valence-electron chi connectivity index (χ4n) is 1.28. The number of unbranched alkanes of at least 4 members (excludes halogenated alkanes) is 3. The molecule has 0 aliphatic rings. The normalized spacial score (nSPS) is 13.1. The lowest BCUT2D eigenvalue weighted by Gasteiger charge is -2.15. The van der Waals surface area contributed by atoms with Gasteiger partial charge in [-0.05, 0) is 24.9 Å². The van der Waals surface area contributed by atoms with Gasteiger partial charge in [-0.3, -0.25) is 15.2 Å². The number of rotatable bonds is 9. The molecular formula is C9H19NO4S. The zero-order valence-electron chi connectivity index (χ0n) is 8.93. The van der Waals surface area contributed by atoms with E-state index in [0.717, 1.165) is 25.0 Å². The predicted octanol–water partition coefficient (Wildman–Crippen LogP) is 1.83. The molecule has 0 bridgehead atoms. The molecule has 0 spiro atoms. The van der Waals surface area contributed by atoms with Crippen molar-refractivity contribution in [2.75, 3.05) is 12.0 Å². The van der Waals surface area contributed by atoms with E-state index in [1.165, 1.54) is 0 Å². The quantitative estimate of drug-likeness (QED) is 0.419. The Labute approximate surface area is 94.0 Å². The summed E-state index contributed by atoms with van der Waals surface area (Å²) in [6.45, 7) is 0. The fraction of sp³-hybridized carbons (Fsp3) is 0.889. The van der Waals surface area contributed by atoms with Crippen LogP contribution < -0.4 is 0 Å². The highest BCUT2D eigenvalue weighted by molar-refractivity contribution is 7.98. The van der Waals surface area contributed by atoms with Crippen LogP contribution in [0, 0.1) is 0 Å². The first kappa shape index (κ1) is 14.7. The molecule has 0 saturated carbocycles. The molecule has 15 heavy (non-hydrogen) atoms. The Bertz CT molecular complexity index is 177. The Kier molecular flexibility index (Phi) is 8.79. The van der Waals surface area contributed by atoms with Crippen LogP contribution in [0.25, 0.3) is 0 Å². The van der Waals surface area contributed by atoms with Gasteiger partial charge < -0.3 is 5.11 Å². The maximum atomic E-state index is 10.5. The molecule has 0 aliphatic heterocycles. The molecule has 0 aromatic carbocycles. The average Bonchev–Trinajstić information content (AvgIpc) is 2.15. The van der Waals surface area contributed by atoms with Crippen LogP contribution in [0.1, 0.15) is 32.1 Å². The fourth-order valence-corrected chi connectivity index (χ4v) is 1.77. The molecule has 6 heteroatoms. The van der Waals surface area contributed by atoms with Crippen molar-refractivity contribution in [1.82, 2.24) is 5.23 Å². The topological polar surface area (TPSA) is 81.0 Å². The summed E-state index contributed by atoms with van der Waals surface area (Å²) in [5.41, 5.74) is 0. The predicted molar refractivity (Wildman–Crippen MR) is 58.3 cm³/mol. The highest BCUT2D eigenvalue weighted by atomic mass is 32.2. The van der Waals surface area contributed by atoms with Gasteiger partial charge in [0.25, 0.3) is 0 Å². The van der Waals surface area contributed by atoms with Crippen molar-refractivity contribution in [3.8, 4) is 0 Å². The van der Waals surface area contributed by atoms with Gasteiger partial charge in [-0.2, -0.15) is 11.8 Å². The summed E-state index contributed by atoms with van der Waals surface area (Å²) in [6, 6.07) is -1.20. The van der Waals surface area contributed by atoms with Gasteiger partial charge in [-0.15, -0.1) is 0 Å². The summed E-state index contributed by atoms with van der Waals surface area (Å²) in [7, 11) is 0. The first-order valence-corrected chi connectivity index (χ1v) is 6.37. The molecule has 0 unspecified atom stereocenters. The lowest BCUT2D eigenvalue weighted by Crippen LogP contribution is -2.36. The van der Waals surface area contributed by atoms with Crippen molar-refractivity contribution in [3.05, 3.63) is 0 Å². The van der Waals surface area contributed by atoms with Gasteiger partial charge in [0, 0.05) is 0 Å². The highest BCUT2D eigenvalue weighted by Gasteiger charge is 2.22. The number of carbonyl (C=O) groups is 1. The van der Waals surface area contributed by atoms with Crippen LogP contribution >= 0.6 is 11.8 Å². The first-order valence-electron chi connectivity index (χ1n) is 4.98. The molecule has 0 radical (unpaired) electrons. The van der Waals surface area contributed by atoms with Crippen molar-refractivity contribution in [3.63, 3.8) is 0 Å². The van der Waals surface area contributed by atoms with Crippen molar-refractivity contribution >= 4 is 17.7 Å². The third-order valence-electron chi connectivity index (χ3n) is 2.14. The summed E-state index contributed by atoms with van der Waals surface area (Å²) in [5.74, 6) is -0.0850.